The van der Waals surface area contributed by atoms with E-state index in [1.165, 1.54) is 0 Å². The summed E-state index contributed by atoms with van der Waals surface area (Å²) in [6, 6.07) is 0.702. The second kappa shape index (κ2) is 6.05. The summed E-state index contributed by atoms with van der Waals surface area (Å²) in [6.45, 7) is 11.4. The Morgan fingerprint density at radius 3 is 2.47 bits per heavy atom. The molecular formula is C13H25N3O. The standard InChI is InChI=1S/C13H25N3O/c1-9(2)12(8-17-6)15-13-14-11(5)7-16(13)10(3)4/h7,9-10,12H,8H2,1-6H3,(H,14,15). The molecule has 0 aliphatic heterocycles. The predicted molar refractivity (Wildman–Crippen MR) is 71.5 cm³/mol. The molecule has 4 heteroatoms. The fourth-order valence-electron chi connectivity index (χ4n) is 1.76. The van der Waals surface area contributed by atoms with Crippen LogP contribution in [0, 0.1) is 12.8 Å². The lowest BCUT2D eigenvalue weighted by Gasteiger charge is -2.23. The Hall–Kier alpha value is -1.03. The number of hydrogen-bond acceptors (Lipinski definition) is 3. The van der Waals surface area contributed by atoms with Crippen LogP contribution in [0.2, 0.25) is 0 Å². The second-order valence-electron chi connectivity index (χ2n) is 5.16. The normalized spacial score (nSPS) is 13.4. The van der Waals surface area contributed by atoms with Gasteiger partial charge in [-0.05, 0) is 26.7 Å². The molecule has 1 aromatic rings. The molecule has 0 aromatic carbocycles. The zero-order valence-electron chi connectivity index (χ0n) is 11.8. The Labute approximate surface area is 104 Å². The van der Waals surface area contributed by atoms with Crippen LogP contribution in [0.5, 0.6) is 0 Å². The molecule has 0 saturated heterocycles. The molecule has 1 aromatic heterocycles. The van der Waals surface area contributed by atoms with Gasteiger partial charge in [0.2, 0.25) is 5.95 Å². The third kappa shape index (κ3) is 3.73. The van der Waals surface area contributed by atoms with Crippen LogP contribution in [-0.4, -0.2) is 29.3 Å². The highest BCUT2D eigenvalue weighted by molar-refractivity contribution is 5.31. The van der Waals surface area contributed by atoms with Crippen LogP contribution in [0.3, 0.4) is 0 Å². The number of aryl methyl sites for hydroxylation is 1. The van der Waals surface area contributed by atoms with E-state index in [9.17, 15) is 0 Å². The number of nitrogens with zero attached hydrogens (tertiary/aromatic N) is 2. The number of methoxy groups -OCH3 is 1. The van der Waals surface area contributed by atoms with Gasteiger partial charge in [-0.25, -0.2) is 4.98 Å². The molecule has 98 valence electrons. The number of nitrogens with one attached hydrogen (secondary N) is 1. The Kier molecular flexibility index (Phi) is 5.00. The molecule has 0 fully saturated rings. The largest absolute Gasteiger partial charge is 0.383 e. The van der Waals surface area contributed by atoms with Crippen molar-refractivity contribution in [2.75, 3.05) is 19.0 Å². The highest BCUT2D eigenvalue weighted by Gasteiger charge is 2.17. The number of anilines is 1. The van der Waals surface area contributed by atoms with Gasteiger partial charge in [-0.15, -0.1) is 0 Å². The minimum Gasteiger partial charge on any atom is -0.383 e. The summed E-state index contributed by atoms with van der Waals surface area (Å²) >= 11 is 0. The first-order chi connectivity index (χ1) is 7.95. The van der Waals surface area contributed by atoms with E-state index in [-0.39, 0.29) is 0 Å². The molecule has 1 rings (SSSR count). The zero-order chi connectivity index (χ0) is 13.0. The van der Waals surface area contributed by atoms with E-state index < -0.39 is 0 Å². The number of ether oxygens (including phenoxy) is 1. The average Bonchev–Trinajstić information content (AvgIpc) is 2.59. The predicted octanol–water partition coefficient (Wildman–Crippen LogP) is 2.86. The molecule has 4 nitrogen and oxygen atoms in total. The summed E-state index contributed by atoms with van der Waals surface area (Å²) in [4.78, 5) is 4.53. The van der Waals surface area contributed by atoms with Gasteiger partial charge in [0.1, 0.15) is 0 Å². The second-order valence-corrected chi connectivity index (χ2v) is 5.16. The topological polar surface area (TPSA) is 39.1 Å². The molecule has 0 amide bonds. The molecule has 17 heavy (non-hydrogen) atoms. The summed E-state index contributed by atoms with van der Waals surface area (Å²) in [6.07, 6.45) is 2.08. The lowest BCUT2D eigenvalue weighted by Crippen LogP contribution is -2.31. The van der Waals surface area contributed by atoms with E-state index in [2.05, 4.69) is 48.8 Å². The smallest absolute Gasteiger partial charge is 0.203 e. The van der Waals surface area contributed by atoms with Crippen molar-refractivity contribution in [1.29, 1.82) is 0 Å². The van der Waals surface area contributed by atoms with E-state index >= 15 is 0 Å². The van der Waals surface area contributed by atoms with Gasteiger partial charge in [0, 0.05) is 19.3 Å². The lowest BCUT2D eigenvalue weighted by atomic mass is 10.1. The first-order valence-electron chi connectivity index (χ1n) is 6.26. The van der Waals surface area contributed by atoms with Gasteiger partial charge in [-0.1, -0.05) is 13.8 Å². The molecule has 0 radical (unpaired) electrons. The van der Waals surface area contributed by atoms with Crippen LogP contribution < -0.4 is 5.32 Å². The number of aromatic nitrogens is 2. The third-order valence-electron chi connectivity index (χ3n) is 2.87. The van der Waals surface area contributed by atoms with Gasteiger partial charge in [-0.3, -0.25) is 0 Å². The van der Waals surface area contributed by atoms with E-state index in [4.69, 9.17) is 4.74 Å². The summed E-state index contributed by atoms with van der Waals surface area (Å²) in [5.41, 5.74) is 1.04. The van der Waals surface area contributed by atoms with Crippen LogP contribution in [0.25, 0.3) is 0 Å². The van der Waals surface area contributed by atoms with Gasteiger partial charge < -0.3 is 14.6 Å². The number of rotatable bonds is 6. The Bertz CT molecular complexity index is 344. The third-order valence-corrected chi connectivity index (χ3v) is 2.87. The minimum atomic E-state index is 0.291. The van der Waals surface area contributed by atoms with Crippen LogP contribution in [0.15, 0.2) is 6.20 Å². The SMILES string of the molecule is COCC(Nc1nc(C)cn1C(C)C)C(C)C. The van der Waals surface area contributed by atoms with E-state index in [0.717, 1.165) is 11.6 Å². The molecule has 1 N–H and O–H groups in total. The van der Waals surface area contributed by atoms with Crippen LogP contribution in [0.4, 0.5) is 5.95 Å². The fraction of sp³-hybridized carbons (Fsp3) is 0.769. The molecule has 1 heterocycles. The number of hydrogen-bond donors (Lipinski definition) is 1. The van der Waals surface area contributed by atoms with Crippen molar-refractivity contribution in [3.8, 4) is 0 Å². The van der Waals surface area contributed by atoms with Crippen molar-refractivity contribution in [2.45, 2.75) is 46.7 Å². The molecule has 0 aliphatic carbocycles. The highest BCUT2D eigenvalue weighted by atomic mass is 16.5. The van der Waals surface area contributed by atoms with Gasteiger partial charge >= 0.3 is 0 Å². The first-order valence-corrected chi connectivity index (χ1v) is 6.26. The highest BCUT2D eigenvalue weighted by Crippen LogP contribution is 2.18. The van der Waals surface area contributed by atoms with Crippen molar-refractivity contribution in [2.24, 2.45) is 5.92 Å². The van der Waals surface area contributed by atoms with Crippen molar-refractivity contribution < 1.29 is 4.74 Å². The van der Waals surface area contributed by atoms with E-state index in [1.54, 1.807) is 7.11 Å². The quantitative estimate of drug-likeness (QED) is 0.829. The monoisotopic (exact) mass is 239 g/mol. The van der Waals surface area contributed by atoms with Crippen molar-refractivity contribution in [3.05, 3.63) is 11.9 Å². The van der Waals surface area contributed by atoms with Gasteiger partial charge in [-0.2, -0.15) is 0 Å². The molecular weight excluding hydrogens is 214 g/mol. The molecule has 1 unspecified atom stereocenters. The molecule has 0 spiro atoms. The Balaban J connectivity index is 2.84. The van der Waals surface area contributed by atoms with Crippen molar-refractivity contribution in [1.82, 2.24) is 9.55 Å². The van der Waals surface area contributed by atoms with Crippen LogP contribution in [-0.2, 0) is 4.74 Å². The van der Waals surface area contributed by atoms with Crippen LogP contribution >= 0.6 is 0 Å². The fourth-order valence-corrected chi connectivity index (χ4v) is 1.76. The maximum atomic E-state index is 5.25. The summed E-state index contributed by atoms with van der Waals surface area (Å²) in [7, 11) is 1.73. The summed E-state index contributed by atoms with van der Waals surface area (Å²) < 4.78 is 7.41. The van der Waals surface area contributed by atoms with Crippen molar-refractivity contribution in [3.63, 3.8) is 0 Å². The van der Waals surface area contributed by atoms with Crippen LogP contribution in [0.1, 0.15) is 39.4 Å². The summed E-state index contributed by atoms with van der Waals surface area (Å²) in [5.74, 6) is 1.45. The van der Waals surface area contributed by atoms with E-state index in [0.29, 0.717) is 24.6 Å². The molecule has 0 bridgehead atoms. The van der Waals surface area contributed by atoms with E-state index in [1.807, 2.05) is 6.92 Å². The molecule has 1 atom stereocenters. The maximum Gasteiger partial charge on any atom is 0.203 e. The average molecular weight is 239 g/mol. The zero-order valence-corrected chi connectivity index (χ0v) is 11.8. The number of imidazole rings is 1. The minimum absolute atomic E-state index is 0.291. The maximum absolute atomic E-state index is 5.25. The first kappa shape index (κ1) is 14.0. The molecule has 0 aliphatic rings. The van der Waals surface area contributed by atoms with Gasteiger partial charge in [0.05, 0.1) is 18.3 Å². The Morgan fingerprint density at radius 1 is 1.35 bits per heavy atom. The van der Waals surface area contributed by atoms with Crippen molar-refractivity contribution >= 4 is 5.95 Å². The van der Waals surface area contributed by atoms with Gasteiger partial charge in [0.25, 0.3) is 0 Å². The lowest BCUT2D eigenvalue weighted by molar-refractivity contribution is 0.170. The summed E-state index contributed by atoms with van der Waals surface area (Å²) in [5, 5.41) is 3.48. The Morgan fingerprint density at radius 2 is 2.00 bits per heavy atom. The molecule has 0 saturated carbocycles. The van der Waals surface area contributed by atoms with Gasteiger partial charge in [0.15, 0.2) is 0 Å².